The Morgan fingerprint density at radius 3 is 2.54 bits per heavy atom. The summed E-state index contributed by atoms with van der Waals surface area (Å²) in [6, 6.07) is 6.31. The highest BCUT2D eigenvalue weighted by Gasteiger charge is 2.40. The van der Waals surface area contributed by atoms with E-state index in [0.717, 1.165) is 62.9 Å². The average molecular weight is 483 g/mol. The molecule has 0 unspecified atom stereocenters. The fraction of sp³-hybridized carbons (Fsp3) is 0.560. The van der Waals surface area contributed by atoms with Gasteiger partial charge >= 0.3 is 0 Å². The van der Waals surface area contributed by atoms with Gasteiger partial charge in [-0.05, 0) is 56.4 Å². The molecule has 35 heavy (non-hydrogen) atoms. The SMILES string of the molecule is Cc1cc(Nc2nc(NC3CCC(O)CC3)cnc2C(N)=O)ccc1N1CCC2(CC1)OCCO2. The highest BCUT2D eigenvalue weighted by atomic mass is 16.7. The van der Waals surface area contributed by atoms with Gasteiger partial charge in [-0.25, -0.2) is 9.97 Å². The molecule has 1 amide bonds. The van der Waals surface area contributed by atoms with Crippen LogP contribution in [0.15, 0.2) is 24.4 Å². The summed E-state index contributed by atoms with van der Waals surface area (Å²) in [4.78, 5) is 23.2. The maximum atomic E-state index is 12.0. The van der Waals surface area contributed by atoms with Gasteiger partial charge in [-0.15, -0.1) is 0 Å². The molecule has 2 saturated heterocycles. The van der Waals surface area contributed by atoms with Crippen LogP contribution >= 0.6 is 0 Å². The topological polar surface area (TPSA) is 135 Å². The standard InChI is InChI=1S/C25H34N6O4/c1-16-14-18(4-7-20(16)31-10-8-25(9-11-31)34-12-13-35-25)29-24-22(23(26)33)27-15-21(30-24)28-17-2-5-19(32)6-3-17/h4,7,14-15,17,19,32H,2-3,5-6,8-13H2,1H3,(H2,26,33)(H2,28,29,30). The van der Waals surface area contributed by atoms with E-state index in [1.54, 1.807) is 0 Å². The molecule has 0 radical (unpaired) electrons. The number of nitrogens with two attached hydrogens (primary N) is 1. The second kappa shape index (κ2) is 9.96. The van der Waals surface area contributed by atoms with Gasteiger partial charge in [0.1, 0.15) is 5.82 Å². The fourth-order valence-corrected chi connectivity index (χ4v) is 5.25. The normalized spacial score (nSPS) is 23.9. The molecule has 0 bridgehead atoms. The third-order valence-electron chi connectivity index (χ3n) is 7.19. The number of hydrogen-bond donors (Lipinski definition) is 4. The highest BCUT2D eigenvalue weighted by Crippen LogP contribution is 2.35. The zero-order valence-corrected chi connectivity index (χ0v) is 20.1. The second-order valence-electron chi connectivity index (χ2n) is 9.69. The Labute approximate surface area is 205 Å². The number of nitrogens with one attached hydrogen (secondary N) is 2. The van der Waals surface area contributed by atoms with Crippen molar-refractivity contribution in [2.24, 2.45) is 5.73 Å². The minimum Gasteiger partial charge on any atom is -0.393 e. The van der Waals surface area contributed by atoms with Gasteiger partial charge in [-0.2, -0.15) is 0 Å². The van der Waals surface area contributed by atoms with E-state index in [-0.39, 0.29) is 17.8 Å². The lowest BCUT2D eigenvalue weighted by molar-refractivity contribution is -0.169. The summed E-state index contributed by atoms with van der Waals surface area (Å²) >= 11 is 0. The van der Waals surface area contributed by atoms with E-state index >= 15 is 0 Å². The average Bonchev–Trinajstić information content (AvgIpc) is 3.29. The number of aryl methyl sites for hydroxylation is 1. The Morgan fingerprint density at radius 2 is 1.89 bits per heavy atom. The number of benzene rings is 1. The summed E-state index contributed by atoms with van der Waals surface area (Å²) in [5, 5.41) is 16.4. The molecule has 5 N–H and O–H groups in total. The van der Waals surface area contributed by atoms with Crippen molar-refractivity contribution in [3.05, 3.63) is 35.7 Å². The Balaban J connectivity index is 1.29. The monoisotopic (exact) mass is 482 g/mol. The molecule has 188 valence electrons. The van der Waals surface area contributed by atoms with Crippen LogP contribution < -0.4 is 21.3 Å². The molecule has 2 aromatic rings. The lowest BCUT2D eigenvalue weighted by Gasteiger charge is -2.39. The van der Waals surface area contributed by atoms with E-state index in [2.05, 4.69) is 38.5 Å². The molecule has 1 spiro atoms. The number of carbonyl (C=O) groups excluding carboxylic acids is 1. The van der Waals surface area contributed by atoms with Crippen molar-refractivity contribution < 1.29 is 19.4 Å². The number of hydrogen-bond acceptors (Lipinski definition) is 9. The van der Waals surface area contributed by atoms with Crippen molar-refractivity contribution in [2.75, 3.05) is 41.8 Å². The quantitative estimate of drug-likeness (QED) is 0.490. The molecule has 1 aromatic carbocycles. The minimum atomic E-state index is -0.640. The molecule has 3 heterocycles. The number of aliphatic hydroxyl groups is 1. The van der Waals surface area contributed by atoms with Gasteiger partial charge in [0.25, 0.3) is 5.91 Å². The third kappa shape index (κ3) is 5.34. The molecule has 10 nitrogen and oxygen atoms in total. The van der Waals surface area contributed by atoms with Gasteiger partial charge in [-0.3, -0.25) is 4.79 Å². The number of nitrogens with zero attached hydrogens (tertiary/aromatic N) is 3. The summed E-state index contributed by atoms with van der Waals surface area (Å²) in [5.41, 5.74) is 8.74. The number of piperidine rings is 1. The zero-order valence-electron chi connectivity index (χ0n) is 20.1. The van der Waals surface area contributed by atoms with Crippen molar-refractivity contribution in [3.8, 4) is 0 Å². The first kappa shape index (κ1) is 23.8. The molecule has 2 aliphatic heterocycles. The summed E-state index contributed by atoms with van der Waals surface area (Å²) in [7, 11) is 0. The van der Waals surface area contributed by atoms with Crippen LogP contribution in [0.25, 0.3) is 0 Å². The van der Waals surface area contributed by atoms with E-state index in [1.165, 1.54) is 11.9 Å². The van der Waals surface area contributed by atoms with Crippen molar-refractivity contribution in [1.29, 1.82) is 0 Å². The molecule has 3 fully saturated rings. The van der Waals surface area contributed by atoms with Gasteiger partial charge in [0, 0.05) is 43.3 Å². The number of carbonyl (C=O) groups is 1. The number of aliphatic hydroxyl groups excluding tert-OH is 1. The first-order chi connectivity index (χ1) is 16.9. The Kier molecular flexibility index (Phi) is 6.77. The molecule has 1 saturated carbocycles. The van der Waals surface area contributed by atoms with Crippen LogP contribution in [0.1, 0.15) is 54.6 Å². The first-order valence-corrected chi connectivity index (χ1v) is 12.4. The Bertz CT molecular complexity index is 1060. The van der Waals surface area contributed by atoms with Crippen LogP contribution in [0.3, 0.4) is 0 Å². The molecule has 3 aliphatic rings. The highest BCUT2D eigenvalue weighted by molar-refractivity contribution is 5.96. The minimum absolute atomic E-state index is 0.0919. The zero-order chi connectivity index (χ0) is 24.4. The molecule has 1 aromatic heterocycles. The third-order valence-corrected chi connectivity index (χ3v) is 7.19. The van der Waals surface area contributed by atoms with Crippen LogP contribution in [0.5, 0.6) is 0 Å². The number of amides is 1. The summed E-state index contributed by atoms with van der Waals surface area (Å²) in [6.07, 6.45) is 6.26. The van der Waals surface area contributed by atoms with E-state index in [1.807, 2.05) is 12.1 Å². The van der Waals surface area contributed by atoms with Crippen LogP contribution in [-0.2, 0) is 9.47 Å². The van der Waals surface area contributed by atoms with Crippen molar-refractivity contribution in [3.63, 3.8) is 0 Å². The maximum absolute atomic E-state index is 12.0. The van der Waals surface area contributed by atoms with Gasteiger partial charge < -0.3 is 35.8 Å². The Morgan fingerprint density at radius 1 is 1.17 bits per heavy atom. The van der Waals surface area contributed by atoms with Gasteiger partial charge in [0.2, 0.25) is 0 Å². The number of ether oxygens (including phenoxy) is 2. The van der Waals surface area contributed by atoms with E-state index in [4.69, 9.17) is 15.2 Å². The van der Waals surface area contributed by atoms with Crippen molar-refractivity contribution >= 4 is 28.9 Å². The van der Waals surface area contributed by atoms with Gasteiger partial charge in [-0.1, -0.05) is 0 Å². The summed E-state index contributed by atoms with van der Waals surface area (Å²) < 4.78 is 11.7. The predicted octanol–water partition coefficient (Wildman–Crippen LogP) is 2.69. The molecule has 5 rings (SSSR count). The van der Waals surface area contributed by atoms with E-state index in [9.17, 15) is 9.90 Å². The van der Waals surface area contributed by atoms with Crippen LogP contribution in [0.4, 0.5) is 23.0 Å². The van der Waals surface area contributed by atoms with Crippen molar-refractivity contribution in [1.82, 2.24) is 9.97 Å². The summed E-state index contributed by atoms with van der Waals surface area (Å²) in [5.74, 6) is -0.141. The van der Waals surface area contributed by atoms with Crippen LogP contribution in [0, 0.1) is 6.92 Å². The van der Waals surface area contributed by atoms with Crippen LogP contribution in [-0.4, -0.2) is 65.2 Å². The molecular formula is C25H34N6O4. The number of aromatic nitrogens is 2. The smallest absolute Gasteiger partial charge is 0.271 e. The number of primary amides is 1. The number of rotatable bonds is 6. The van der Waals surface area contributed by atoms with Gasteiger partial charge in [0.15, 0.2) is 17.3 Å². The molecule has 1 aliphatic carbocycles. The second-order valence-corrected chi connectivity index (χ2v) is 9.69. The van der Waals surface area contributed by atoms with Crippen LogP contribution in [0.2, 0.25) is 0 Å². The Hall–Kier alpha value is -2.95. The lowest BCUT2D eigenvalue weighted by Crippen LogP contribution is -2.45. The fourth-order valence-electron chi connectivity index (χ4n) is 5.25. The molecular weight excluding hydrogens is 448 g/mol. The molecule has 10 heteroatoms. The first-order valence-electron chi connectivity index (χ1n) is 12.4. The van der Waals surface area contributed by atoms with Crippen molar-refractivity contribution in [2.45, 2.75) is 63.4 Å². The summed E-state index contributed by atoms with van der Waals surface area (Å²) in [6.45, 7) is 5.17. The van der Waals surface area contributed by atoms with E-state index in [0.29, 0.717) is 24.8 Å². The van der Waals surface area contributed by atoms with E-state index < -0.39 is 11.7 Å². The predicted molar refractivity (Wildman–Crippen MR) is 133 cm³/mol. The molecule has 0 atom stereocenters. The van der Waals surface area contributed by atoms with Gasteiger partial charge in [0.05, 0.1) is 25.5 Å². The number of anilines is 4. The largest absolute Gasteiger partial charge is 0.393 e. The maximum Gasteiger partial charge on any atom is 0.271 e. The lowest BCUT2D eigenvalue weighted by atomic mass is 9.93.